The molecule has 69 heavy (non-hydrogen) atoms. The van der Waals surface area contributed by atoms with Gasteiger partial charge in [0.15, 0.2) is 6.10 Å². The fraction of sp³-hybridized carbons (Fsp3) is 0.635. The van der Waals surface area contributed by atoms with Crippen molar-refractivity contribution in [2.75, 3.05) is 13.2 Å². The molecule has 0 fully saturated rings. The monoisotopic (exact) mass is 955 g/mol. The van der Waals surface area contributed by atoms with E-state index in [1.807, 2.05) is 0 Å². The van der Waals surface area contributed by atoms with Crippen molar-refractivity contribution in [1.82, 2.24) is 0 Å². The van der Waals surface area contributed by atoms with Gasteiger partial charge >= 0.3 is 17.9 Å². The molecule has 0 heterocycles. The van der Waals surface area contributed by atoms with Crippen molar-refractivity contribution < 1.29 is 28.6 Å². The molecular formula is C63H102O6. The van der Waals surface area contributed by atoms with Gasteiger partial charge in [0.1, 0.15) is 13.2 Å². The van der Waals surface area contributed by atoms with E-state index in [-0.39, 0.29) is 31.1 Å². The van der Waals surface area contributed by atoms with E-state index in [4.69, 9.17) is 14.2 Å². The van der Waals surface area contributed by atoms with E-state index in [9.17, 15) is 14.4 Å². The minimum atomic E-state index is -0.796. The van der Waals surface area contributed by atoms with Crippen LogP contribution in [-0.4, -0.2) is 37.2 Å². The van der Waals surface area contributed by atoms with E-state index in [2.05, 4.69) is 142 Å². The van der Waals surface area contributed by atoms with Crippen LogP contribution in [0.2, 0.25) is 0 Å². The van der Waals surface area contributed by atoms with E-state index < -0.39 is 6.10 Å². The zero-order chi connectivity index (χ0) is 50.0. The summed E-state index contributed by atoms with van der Waals surface area (Å²) in [6.45, 7) is 6.39. The Labute approximate surface area is 424 Å². The highest BCUT2D eigenvalue weighted by atomic mass is 16.6. The normalized spacial score (nSPS) is 13.0. The van der Waals surface area contributed by atoms with Crippen LogP contribution in [0.3, 0.4) is 0 Å². The number of rotatable bonds is 49. The van der Waals surface area contributed by atoms with Gasteiger partial charge in [-0.3, -0.25) is 14.4 Å². The third kappa shape index (κ3) is 54.6. The fourth-order valence-electron chi connectivity index (χ4n) is 7.26. The van der Waals surface area contributed by atoms with Crippen LogP contribution in [0.4, 0.5) is 0 Å². The summed E-state index contributed by atoms with van der Waals surface area (Å²) in [6.07, 6.45) is 77.7. The van der Waals surface area contributed by atoms with Gasteiger partial charge in [-0.1, -0.05) is 232 Å². The van der Waals surface area contributed by atoms with Gasteiger partial charge in [-0.05, 0) is 109 Å². The van der Waals surface area contributed by atoms with Crippen molar-refractivity contribution in [1.29, 1.82) is 0 Å². The number of esters is 3. The average Bonchev–Trinajstić information content (AvgIpc) is 3.35. The van der Waals surface area contributed by atoms with Crippen LogP contribution < -0.4 is 0 Å². The highest BCUT2D eigenvalue weighted by Gasteiger charge is 2.19. The first-order chi connectivity index (χ1) is 34.0. The molecule has 6 nitrogen and oxygen atoms in total. The Bertz CT molecular complexity index is 1470. The van der Waals surface area contributed by atoms with Crippen molar-refractivity contribution in [3.8, 4) is 0 Å². The zero-order valence-electron chi connectivity index (χ0n) is 44.5. The largest absolute Gasteiger partial charge is 0.462 e. The second-order valence-corrected chi connectivity index (χ2v) is 18.1. The first-order valence-corrected chi connectivity index (χ1v) is 28.0. The van der Waals surface area contributed by atoms with Crippen molar-refractivity contribution in [3.05, 3.63) is 122 Å². The Hall–Kier alpha value is -4.19. The first-order valence-electron chi connectivity index (χ1n) is 28.0. The maximum absolute atomic E-state index is 12.8. The number of ether oxygens (including phenoxy) is 3. The molecule has 0 N–H and O–H groups in total. The van der Waals surface area contributed by atoms with Crippen LogP contribution in [0, 0.1) is 0 Å². The molecule has 390 valence electrons. The van der Waals surface area contributed by atoms with Crippen LogP contribution in [0.15, 0.2) is 122 Å². The number of hydrogen-bond acceptors (Lipinski definition) is 6. The summed E-state index contributed by atoms with van der Waals surface area (Å²) in [5.41, 5.74) is 0. The molecule has 0 amide bonds. The van der Waals surface area contributed by atoms with Crippen LogP contribution in [-0.2, 0) is 28.6 Å². The molecule has 0 aliphatic rings. The van der Waals surface area contributed by atoms with E-state index in [0.717, 1.165) is 154 Å². The number of allylic oxidation sites excluding steroid dienone is 20. The van der Waals surface area contributed by atoms with Gasteiger partial charge in [0.05, 0.1) is 0 Å². The van der Waals surface area contributed by atoms with Crippen molar-refractivity contribution in [2.45, 2.75) is 245 Å². The van der Waals surface area contributed by atoms with Gasteiger partial charge in [-0.15, -0.1) is 0 Å². The maximum atomic E-state index is 12.8. The topological polar surface area (TPSA) is 78.9 Å². The van der Waals surface area contributed by atoms with E-state index in [1.165, 1.54) is 44.9 Å². The Kier molecular flexibility index (Phi) is 53.0. The van der Waals surface area contributed by atoms with Crippen molar-refractivity contribution in [2.24, 2.45) is 0 Å². The number of hydrogen-bond donors (Lipinski definition) is 0. The molecule has 0 aliphatic carbocycles. The van der Waals surface area contributed by atoms with Gasteiger partial charge < -0.3 is 14.2 Å². The standard InChI is InChI=1S/C63H102O6/c1-4-7-10-13-16-19-21-23-24-25-26-27-28-29-30-31-32-33-34-35-36-37-38-40-41-44-47-50-53-56-62(65)68-59-60(58-67-61(64)55-52-49-46-43-18-15-12-9-6-3)69-63(66)57-54-51-48-45-42-39-22-20-17-14-11-8-5-2/h7,10-11,14,16,19-20,22-24,26-27,29-30,32-33,35-36,38,40,60H,4-6,8-9,12-13,15,17-18,21,25,28,31,34,37,39,41-59H2,1-3H3/b10-7-,14-11-,19-16-,22-20-,24-23-,27-26-,30-29-,33-32-,36-35-,40-38-. The second-order valence-electron chi connectivity index (χ2n) is 18.1. The molecule has 0 saturated heterocycles. The highest BCUT2D eigenvalue weighted by Crippen LogP contribution is 2.13. The lowest BCUT2D eigenvalue weighted by Crippen LogP contribution is -2.30. The summed E-state index contributed by atoms with van der Waals surface area (Å²) < 4.78 is 16.7. The van der Waals surface area contributed by atoms with Crippen molar-refractivity contribution >= 4 is 17.9 Å². The molecule has 0 rings (SSSR count). The number of carbonyl (C=O) groups excluding carboxylic acids is 3. The van der Waals surface area contributed by atoms with E-state index in [1.54, 1.807) is 0 Å². The Morgan fingerprint density at radius 1 is 0.304 bits per heavy atom. The predicted molar refractivity (Wildman–Crippen MR) is 297 cm³/mol. The molecule has 0 saturated carbocycles. The quantitative estimate of drug-likeness (QED) is 0.0262. The maximum Gasteiger partial charge on any atom is 0.306 e. The summed E-state index contributed by atoms with van der Waals surface area (Å²) in [7, 11) is 0. The van der Waals surface area contributed by atoms with Gasteiger partial charge in [0, 0.05) is 19.3 Å². The first kappa shape index (κ1) is 64.8. The SMILES string of the molecule is CC/C=C\C/C=C\C/C=C\C/C=C\C/C=C\C/C=C\C/C=C\C/C=C\CCCCCCC(=O)OCC(COC(=O)CCCCCCCCCCC)OC(=O)CCCCCCC/C=C\C/C=C\CCC. The Balaban J connectivity index is 4.30. The lowest BCUT2D eigenvalue weighted by molar-refractivity contribution is -0.167. The molecule has 0 aromatic rings. The summed E-state index contributed by atoms with van der Waals surface area (Å²) >= 11 is 0. The summed E-state index contributed by atoms with van der Waals surface area (Å²) in [6, 6.07) is 0. The van der Waals surface area contributed by atoms with E-state index >= 15 is 0 Å². The van der Waals surface area contributed by atoms with Crippen LogP contribution >= 0.6 is 0 Å². The smallest absolute Gasteiger partial charge is 0.306 e. The molecule has 0 spiro atoms. The molecule has 1 unspecified atom stereocenters. The van der Waals surface area contributed by atoms with Crippen LogP contribution in [0.25, 0.3) is 0 Å². The van der Waals surface area contributed by atoms with Crippen LogP contribution in [0.1, 0.15) is 239 Å². The second kappa shape index (κ2) is 56.4. The van der Waals surface area contributed by atoms with Gasteiger partial charge in [0.2, 0.25) is 0 Å². The van der Waals surface area contributed by atoms with Gasteiger partial charge in [0.25, 0.3) is 0 Å². The number of unbranched alkanes of at least 4 members (excludes halogenated alkanes) is 18. The molecule has 1 atom stereocenters. The van der Waals surface area contributed by atoms with E-state index in [0.29, 0.717) is 19.3 Å². The number of carbonyl (C=O) groups is 3. The van der Waals surface area contributed by atoms with Crippen molar-refractivity contribution in [3.63, 3.8) is 0 Å². The molecule has 0 aromatic carbocycles. The summed E-state index contributed by atoms with van der Waals surface area (Å²) in [5.74, 6) is -0.942. The molecule has 6 heteroatoms. The highest BCUT2D eigenvalue weighted by molar-refractivity contribution is 5.71. The van der Waals surface area contributed by atoms with Gasteiger partial charge in [-0.25, -0.2) is 0 Å². The Morgan fingerprint density at radius 3 is 0.942 bits per heavy atom. The molecule has 0 aromatic heterocycles. The van der Waals surface area contributed by atoms with Crippen LogP contribution in [0.5, 0.6) is 0 Å². The minimum Gasteiger partial charge on any atom is -0.462 e. The third-order valence-corrected chi connectivity index (χ3v) is 11.4. The third-order valence-electron chi connectivity index (χ3n) is 11.4. The minimum absolute atomic E-state index is 0.0933. The Morgan fingerprint density at radius 2 is 0.594 bits per heavy atom. The fourth-order valence-corrected chi connectivity index (χ4v) is 7.26. The lowest BCUT2D eigenvalue weighted by atomic mass is 10.1. The summed E-state index contributed by atoms with van der Waals surface area (Å²) in [5, 5.41) is 0. The summed E-state index contributed by atoms with van der Waals surface area (Å²) in [4.78, 5) is 37.9. The molecule has 0 aliphatic heterocycles. The average molecular weight is 956 g/mol. The molecule has 0 radical (unpaired) electrons. The molecule has 0 bridgehead atoms. The zero-order valence-corrected chi connectivity index (χ0v) is 44.5. The predicted octanol–water partition coefficient (Wildman–Crippen LogP) is 18.9. The molecular weight excluding hydrogens is 853 g/mol. The lowest BCUT2D eigenvalue weighted by Gasteiger charge is -2.18. The van der Waals surface area contributed by atoms with Gasteiger partial charge in [-0.2, -0.15) is 0 Å².